The first kappa shape index (κ1) is 15.7. The first-order valence-electron chi connectivity index (χ1n) is 7.97. The van der Waals surface area contributed by atoms with Crippen molar-refractivity contribution in [3.05, 3.63) is 0 Å². The fourth-order valence-electron chi connectivity index (χ4n) is 3.50. The van der Waals surface area contributed by atoms with Gasteiger partial charge in [-0.1, -0.05) is 6.42 Å². The van der Waals surface area contributed by atoms with Crippen LogP contribution in [-0.4, -0.2) is 59.5 Å². The van der Waals surface area contributed by atoms with Crippen LogP contribution in [-0.2, 0) is 4.79 Å². The quantitative estimate of drug-likeness (QED) is 0.771. The molecule has 0 aliphatic carbocycles. The van der Waals surface area contributed by atoms with E-state index < -0.39 is 11.4 Å². The van der Waals surface area contributed by atoms with Crippen LogP contribution in [0.2, 0.25) is 0 Å². The lowest BCUT2D eigenvalue weighted by Crippen LogP contribution is -2.59. The summed E-state index contributed by atoms with van der Waals surface area (Å²) in [6, 6.07) is 1.34. The van der Waals surface area contributed by atoms with Crippen LogP contribution in [0.1, 0.15) is 46.0 Å². The maximum Gasteiger partial charge on any atom is 0.237 e. The fourth-order valence-corrected chi connectivity index (χ4v) is 3.50. The summed E-state index contributed by atoms with van der Waals surface area (Å²) in [6.07, 6.45) is 5.66. The standard InChI is InChI=1S/C15H30N4O/c1-12-10-19-8-4-3-6-13(19)11-18(12)9-5-7-15(2,17)14(16)20/h12-13H,3-11,17H2,1-2H3,(H2,16,20). The third-order valence-electron chi connectivity index (χ3n) is 5.02. The van der Waals surface area contributed by atoms with E-state index in [1.54, 1.807) is 6.92 Å². The Bertz CT molecular complexity index is 345. The maximum absolute atomic E-state index is 11.2. The van der Waals surface area contributed by atoms with Crippen molar-refractivity contribution in [2.45, 2.75) is 63.6 Å². The van der Waals surface area contributed by atoms with Crippen LogP contribution >= 0.6 is 0 Å². The van der Waals surface area contributed by atoms with E-state index in [1.807, 2.05) is 0 Å². The van der Waals surface area contributed by atoms with E-state index in [0.717, 1.165) is 19.0 Å². The summed E-state index contributed by atoms with van der Waals surface area (Å²) in [5.74, 6) is -0.400. The second-order valence-electron chi connectivity index (χ2n) is 6.87. The van der Waals surface area contributed by atoms with Crippen LogP contribution in [0, 0.1) is 0 Å². The Morgan fingerprint density at radius 3 is 2.80 bits per heavy atom. The van der Waals surface area contributed by atoms with Gasteiger partial charge in [-0.3, -0.25) is 14.6 Å². The topological polar surface area (TPSA) is 75.6 Å². The number of rotatable bonds is 5. The lowest BCUT2D eigenvalue weighted by molar-refractivity contribution is -0.122. The minimum atomic E-state index is -0.865. The van der Waals surface area contributed by atoms with Crippen LogP contribution in [0.15, 0.2) is 0 Å². The number of carbonyl (C=O) groups is 1. The molecule has 0 bridgehead atoms. The van der Waals surface area contributed by atoms with Gasteiger partial charge in [0.2, 0.25) is 5.91 Å². The predicted molar refractivity (Wildman–Crippen MR) is 81.3 cm³/mol. The summed E-state index contributed by atoms with van der Waals surface area (Å²) in [6.45, 7) is 8.68. The molecular weight excluding hydrogens is 252 g/mol. The van der Waals surface area contributed by atoms with Crippen LogP contribution in [0.3, 0.4) is 0 Å². The second-order valence-corrected chi connectivity index (χ2v) is 6.87. The van der Waals surface area contributed by atoms with Crippen LogP contribution in [0.5, 0.6) is 0 Å². The molecule has 2 aliphatic heterocycles. The summed E-state index contributed by atoms with van der Waals surface area (Å²) in [4.78, 5) is 16.4. The number of hydrogen-bond donors (Lipinski definition) is 2. The zero-order chi connectivity index (χ0) is 14.8. The molecule has 3 unspecified atom stereocenters. The summed E-state index contributed by atoms with van der Waals surface area (Å²) in [7, 11) is 0. The predicted octanol–water partition coefficient (Wildman–Crippen LogP) is 0.528. The molecule has 2 aliphatic rings. The van der Waals surface area contributed by atoms with Crippen molar-refractivity contribution in [2.75, 3.05) is 26.2 Å². The molecule has 2 saturated heterocycles. The van der Waals surface area contributed by atoms with Gasteiger partial charge >= 0.3 is 0 Å². The molecule has 4 N–H and O–H groups in total. The molecule has 1 amide bonds. The van der Waals surface area contributed by atoms with Crippen LogP contribution in [0.25, 0.3) is 0 Å². The molecule has 0 aromatic heterocycles. The molecule has 0 aromatic carbocycles. The van der Waals surface area contributed by atoms with Crippen molar-refractivity contribution in [2.24, 2.45) is 11.5 Å². The number of amides is 1. The van der Waals surface area contributed by atoms with Crippen molar-refractivity contribution in [1.82, 2.24) is 9.80 Å². The highest BCUT2D eigenvalue weighted by Crippen LogP contribution is 2.24. The molecule has 0 spiro atoms. The Balaban J connectivity index is 1.79. The molecule has 2 heterocycles. The number of primary amides is 1. The van der Waals surface area contributed by atoms with Crippen molar-refractivity contribution >= 4 is 5.91 Å². The van der Waals surface area contributed by atoms with Crippen molar-refractivity contribution in [1.29, 1.82) is 0 Å². The SMILES string of the molecule is CC1CN2CCCCC2CN1CCCC(C)(N)C(N)=O. The number of piperidine rings is 1. The van der Waals surface area contributed by atoms with Gasteiger partial charge in [0.15, 0.2) is 0 Å². The third-order valence-corrected chi connectivity index (χ3v) is 5.02. The fraction of sp³-hybridized carbons (Fsp3) is 0.933. The molecule has 5 nitrogen and oxygen atoms in total. The average Bonchev–Trinajstić information content (AvgIpc) is 2.39. The normalized spacial score (nSPS) is 31.6. The van der Waals surface area contributed by atoms with Crippen LogP contribution < -0.4 is 11.5 Å². The van der Waals surface area contributed by atoms with E-state index in [1.165, 1.54) is 38.9 Å². The van der Waals surface area contributed by atoms with E-state index in [4.69, 9.17) is 11.5 Å². The Morgan fingerprint density at radius 2 is 2.10 bits per heavy atom. The molecule has 5 heteroatoms. The highest BCUT2D eigenvalue weighted by Gasteiger charge is 2.33. The van der Waals surface area contributed by atoms with Gasteiger partial charge in [0, 0.05) is 25.2 Å². The molecule has 3 atom stereocenters. The first-order valence-corrected chi connectivity index (χ1v) is 7.97. The van der Waals surface area contributed by atoms with Gasteiger partial charge in [-0.05, 0) is 52.6 Å². The molecule has 0 saturated carbocycles. The lowest BCUT2D eigenvalue weighted by Gasteiger charge is -2.47. The molecule has 20 heavy (non-hydrogen) atoms. The Hall–Kier alpha value is -0.650. The molecule has 116 valence electrons. The van der Waals surface area contributed by atoms with Gasteiger partial charge < -0.3 is 11.5 Å². The highest BCUT2D eigenvalue weighted by atomic mass is 16.1. The number of hydrogen-bond acceptors (Lipinski definition) is 4. The largest absolute Gasteiger partial charge is 0.368 e. The minimum absolute atomic E-state index is 0.400. The van der Waals surface area contributed by atoms with Gasteiger partial charge in [0.25, 0.3) is 0 Å². The maximum atomic E-state index is 11.2. The number of nitrogens with zero attached hydrogens (tertiary/aromatic N) is 2. The van der Waals surface area contributed by atoms with E-state index in [9.17, 15) is 4.79 Å². The summed E-state index contributed by atoms with van der Waals surface area (Å²) < 4.78 is 0. The van der Waals surface area contributed by atoms with Gasteiger partial charge in [-0.25, -0.2) is 0 Å². The third kappa shape index (κ3) is 3.71. The molecule has 0 radical (unpaired) electrons. The zero-order valence-corrected chi connectivity index (χ0v) is 13.0. The zero-order valence-electron chi connectivity index (χ0n) is 13.0. The van der Waals surface area contributed by atoms with Crippen molar-refractivity contribution in [3.8, 4) is 0 Å². The smallest absolute Gasteiger partial charge is 0.237 e. The number of fused-ring (bicyclic) bond motifs is 1. The lowest BCUT2D eigenvalue weighted by atomic mass is 9.94. The number of carbonyl (C=O) groups excluding carboxylic acids is 1. The van der Waals surface area contributed by atoms with Gasteiger partial charge in [0.05, 0.1) is 5.54 Å². The number of nitrogens with two attached hydrogens (primary N) is 2. The Morgan fingerprint density at radius 1 is 1.35 bits per heavy atom. The summed E-state index contributed by atoms with van der Waals surface area (Å²) in [5, 5.41) is 0. The Labute approximate surface area is 122 Å². The van der Waals surface area contributed by atoms with Gasteiger partial charge in [0.1, 0.15) is 0 Å². The van der Waals surface area contributed by atoms with Crippen molar-refractivity contribution < 1.29 is 4.79 Å². The minimum Gasteiger partial charge on any atom is -0.368 e. The second kappa shape index (κ2) is 6.41. The van der Waals surface area contributed by atoms with E-state index >= 15 is 0 Å². The molecule has 0 aromatic rings. The van der Waals surface area contributed by atoms with E-state index in [2.05, 4.69) is 16.7 Å². The summed E-state index contributed by atoms with van der Waals surface area (Å²) >= 11 is 0. The van der Waals surface area contributed by atoms with Gasteiger partial charge in [-0.15, -0.1) is 0 Å². The molecular formula is C15H30N4O. The van der Waals surface area contributed by atoms with Crippen LogP contribution in [0.4, 0.5) is 0 Å². The average molecular weight is 282 g/mol. The van der Waals surface area contributed by atoms with Gasteiger partial charge in [-0.2, -0.15) is 0 Å². The monoisotopic (exact) mass is 282 g/mol. The number of piperazine rings is 1. The molecule has 2 rings (SSSR count). The van der Waals surface area contributed by atoms with E-state index in [0.29, 0.717) is 12.5 Å². The molecule has 2 fully saturated rings. The first-order chi connectivity index (χ1) is 9.40. The van der Waals surface area contributed by atoms with Crippen molar-refractivity contribution in [3.63, 3.8) is 0 Å². The Kier molecular flexibility index (Phi) is 5.04. The highest BCUT2D eigenvalue weighted by molar-refractivity contribution is 5.83. The summed E-state index contributed by atoms with van der Waals surface area (Å²) in [5.41, 5.74) is 10.4. The van der Waals surface area contributed by atoms with E-state index in [-0.39, 0.29) is 0 Å².